The molecule has 94 valence electrons. The lowest BCUT2D eigenvalue weighted by Gasteiger charge is -2.20. The number of hydrogen-bond acceptors (Lipinski definition) is 4. The van der Waals surface area contributed by atoms with Crippen molar-refractivity contribution in [2.24, 2.45) is 0 Å². The summed E-state index contributed by atoms with van der Waals surface area (Å²) in [4.78, 5) is 13.7. The van der Waals surface area contributed by atoms with Crippen LogP contribution >= 0.6 is 0 Å². The van der Waals surface area contributed by atoms with E-state index in [4.69, 9.17) is 0 Å². The van der Waals surface area contributed by atoms with Crippen LogP contribution in [0.5, 0.6) is 11.5 Å². The summed E-state index contributed by atoms with van der Waals surface area (Å²) in [6.45, 7) is 2.45. The molecule has 1 rings (SSSR count). The van der Waals surface area contributed by atoms with Gasteiger partial charge in [-0.3, -0.25) is 4.79 Å². The zero-order chi connectivity index (χ0) is 13.0. The second-order valence-corrected chi connectivity index (χ2v) is 4.20. The van der Waals surface area contributed by atoms with E-state index in [0.717, 1.165) is 0 Å². The molecule has 0 saturated carbocycles. The third-order valence-electron chi connectivity index (χ3n) is 2.70. The molecule has 0 heterocycles. The van der Waals surface area contributed by atoms with Crippen LogP contribution in [-0.2, 0) is 0 Å². The van der Waals surface area contributed by atoms with E-state index in [1.807, 2.05) is 25.9 Å². The SMILES string of the molecule is CC(CNC(=O)c1cccc(O)c1O)N(C)C. The fourth-order valence-electron chi connectivity index (χ4n) is 1.23. The zero-order valence-electron chi connectivity index (χ0n) is 10.3. The lowest BCUT2D eigenvalue weighted by atomic mass is 10.1. The molecule has 5 heteroatoms. The molecule has 1 aromatic rings. The maximum Gasteiger partial charge on any atom is 0.255 e. The van der Waals surface area contributed by atoms with Crippen LogP contribution in [0, 0.1) is 0 Å². The lowest BCUT2D eigenvalue weighted by molar-refractivity contribution is 0.0940. The van der Waals surface area contributed by atoms with Gasteiger partial charge in [0.1, 0.15) is 0 Å². The van der Waals surface area contributed by atoms with Crippen molar-refractivity contribution in [3.8, 4) is 11.5 Å². The monoisotopic (exact) mass is 238 g/mol. The van der Waals surface area contributed by atoms with Crippen LogP contribution in [-0.4, -0.2) is 47.7 Å². The number of hydrogen-bond donors (Lipinski definition) is 3. The minimum Gasteiger partial charge on any atom is -0.504 e. The van der Waals surface area contributed by atoms with Gasteiger partial charge in [-0.15, -0.1) is 0 Å². The fourth-order valence-corrected chi connectivity index (χ4v) is 1.23. The number of carbonyl (C=O) groups excluding carboxylic acids is 1. The van der Waals surface area contributed by atoms with Crippen molar-refractivity contribution < 1.29 is 15.0 Å². The molecule has 0 bridgehead atoms. The van der Waals surface area contributed by atoms with Crippen molar-refractivity contribution >= 4 is 5.91 Å². The molecule has 0 radical (unpaired) electrons. The van der Waals surface area contributed by atoms with Crippen LogP contribution in [0.4, 0.5) is 0 Å². The smallest absolute Gasteiger partial charge is 0.255 e. The number of para-hydroxylation sites is 1. The quantitative estimate of drug-likeness (QED) is 0.678. The van der Waals surface area contributed by atoms with Gasteiger partial charge in [-0.1, -0.05) is 6.07 Å². The normalized spacial score (nSPS) is 12.5. The lowest BCUT2D eigenvalue weighted by Crippen LogP contribution is -2.38. The number of amides is 1. The Morgan fingerprint density at radius 1 is 1.41 bits per heavy atom. The minimum atomic E-state index is -0.396. The number of nitrogens with zero attached hydrogens (tertiary/aromatic N) is 1. The molecule has 1 unspecified atom stereocenters. The maximum atomic E-state index is 11.7. The molecule has 0 saturated heterocycles. The Morgan fingerprint density at radius 3 is 2.65 bits per heavy atom. The van der Waals surface area contributed by atoms with Crippen LogP contribution in [0.1, 0.15) is 17.3 Å². The molecule has 0 spiro atoms. The Balaban J connectivity index is 2.68. The third kappa shape index (κ3) is 3.35. The van der Waals surface area contributed by atoms with Crippen LogP contribution in [0.25, 0.3) is 0 Å². The number of phenols is 2. The van der Waals surface area contributed by atoms with Crippen LogP contribution in [0.3, 0.4) is 0 Å². The first kappa shape index (κ1) is 13.3. The fraction of sp³-hybridized carbons (Fsp3) is 0.417. The largest absolute Gasteiger partial charge is 0.504 e. The van der Waals surface area contributed by atoms with Gasteiger partial charge < -0.3 is 20.4 Å². The summed E-state index contributed by atoms with van der Waals surface area (Å²) in [6, 6.07) is 4.50. The van der Waals surface area contributed by atoms with Crippen molar-refractivity contribution in [3.05, 3.63) is 23.8 Å². The summed E-state index contributed by atoms with van der Waals surface area (Å²) in [7, 11) is 3.84. The Bertz CT molecular complexity index is 405. The molecular weight excluding hydrogens is 220 g/mol. The predicted molar refractivity (Wildman–Crippen MR) is 65.3 cm³/mol. The number of rotatable bonds is 4. The standard InChI is InChI=1S/C12H18N2O3/c1-8(14(2)3)7-13-12(17)9-5-4-6-10(15)11(9)16/h4-6,8,15-16H,7H2,1-3H3,(H,13,17). The van der Waals surface area contributed by atoms with E-state index in [-0.39, 0.29) is 23.1 Å². The molecule has 1 amide bonds. The first-order valence-electron chi connectivity index (χ1n) is 5.39. The number of aromatic hydroxyl groups is 2. The summed E-state index contributed by atoms with van der Waals surface area (Å²) < 4.78 is 0. The summed E-state index contributed by atoms with van der Waals surface area (Å²) in [5, 5.41) is 21.5. The first-order valence-corrected chi connectivity index (χ1v) is 5.39. The van der Waals surface area contributed by atoms with Crippen molar-refractivity contribution in [2.45, 2.75) is 13.0 Å². The van der Waals surface area contributed by atoms with Gasteiger partial charge >= 0.3 is 0 Å². The summed E-state index contributed by atoms with van der Waals surface area (Å²) >= 11 is 0. The van der Waals surface area contributed by atoms with Crippen molar-refractivity contribution in [1.29, 1.82) is 0 Å². The van der Waals surface area contributed by atoms with Gasteiger partial charge in [-0.05, 0) is 33.2 Å². The van der Waals surface area contributed by atoms with Gasteiger partial charge in [0, 0.05) is 12.6 Å². The van der Waals surface area contributed by atoms with Crippen LogP contribution in [0.15, 0.2) is 18.2 Å². The predicted octanol–water partition coefficient (Wildman–Crippen LogP) is 0.778. The van der Waals surface area contributed by atoms with E-state index >= 15 is 0 Å². The third-order valence-corrected chi connectivity index (χ3v) is 2.70. The number of phenolic OH excluding ortho intramolecular Hbond substituents is 2. The topological polar surface area (TPSA) is 72.8 Å². The Hall–Kier alpha value is -1.75. The molecule has 0 aliphatic carbocycles. The highest BCUT2D eigenvalue weighted by molar-refractivity contribution is 5.97. The van der Waals surface area contributed by atoms with E-state index < -0.39 is 5.91 Å². The molecule has 1 aromatic carbocycles. The van der Waals surface area contributed by atoms with Gasteiger partial charge in [-0.25, -0.2) is 0 Å². The van der Waals surface area contributed by atoms with E-state index in [1.165, 1.54) is 18.2 Å². The van der Waals surface area contributed by atoms with E-state index in [1.54, 1.807) is 0 Å². The summed E-state index contributed by atoms with van der Waals surface area (Å²) in [5.74, 6) is -1.08. The summed E-state index contributed by atoms with van der Waals surface area (Å²) in [6.07, 6.45) is 0. The molecule has 1 atom stereocenters. The van der Waals surface area contributed by atoms with Crippen molar-refractivity contribution in [2.75, 3.05) is 20.6 Å². The van der Waals surface area contributed by atoms with Crippen molar-refractivity contribution in [1.82, 2.24) is 10.2 Å². The number of benzene rings is 1. The molecule has 0 aliphatic heterocycles. The minimum absolute atomic E-state index is 0.0796. The molecule has 3 N–H and O–H groups in total. The molecule has 0 aliphatic rings. The number of carbonyl (C=O) groups is 1. The van der Waals surface area contributed by atoms with E-state index in [2.05, 4.69) is 5.32 Å². The number of likely N-dealkylation sites (N-methyl/N-ethyl adjacent to an activating group) is 1. The highest BCUT2D eigenvalue weighted by Crippen LogP contribution is 2.27. The average molecular weight is 238 g/mol. The second kappa shape index (κ2) is 5.54. The molecule has 5 nitrogen and oxygen atoms in total. The molecule has 0 fully saturated rings. The Kier molecular flexibility index (Phi) is 4.34. The molecule has 17 heavy (non-hydrogen) atoms. The van der Waals surface area contributed by atoms with Crippen LogP contribution < -0.4 is 5.32 Å². The van der Waals surface area contributed by atoms with Gasteiger partial charge in [0.15, 0.2) is 11.5 Å². The van der Waals surface area contributed by atoms with E-state index in [0.29, 0.717) is 6.54 Å². The van der Waals surface area contributed by atoms with Crippen LogP contribution in [0.2, 0.25) is 0 Å². The molecule has 0 aromatic heterocycles. The van der Waals surface area contributed by atoms with Gasteiger partial charge in [0.05, 0.1) is 5.56 Å². The molecular formula is C12H18N2O3. The maximum absolute atomic E-state index is 11.7. The highest BCUT2D eigenvalue weighted by Gasteiger charge is 2.14. The Morgan fingerprint density at radius 2 is 2.06 bits per heavy atom. The van der Waals surface area contributed by atoms with Gasteiger partial charge in [0.25, 0.3) is 5.91 Å². The van der Waals surface area contributed by atoms with Gasteiger partial charge in [-0.2, -0.15) is 0 Å². The first-order chi connectivity index (χ1) is 7.93. The number of nitrogens with one attached hydrogen (secondary N) is 1. The Labute approximate surface area is 101 Å². The van der Waals surface area contributed by atoms with E-state index in [9.17, 15) is 15.0 Å². The second-order valence-electron chi connectivity index (χ2n) is 4.20. The van der Waals surface area contributed by atoms with Gasteiger partial charge in [0.2, 0.25) is 0 Å². The summed E-state index contributed by atoms with van der Waals surface area (Å²) in [5.41, 5.74) is 0.0796. The van der Waals surface area contributed by atoms with Crippen molar-refractivity contribution in [3.63, 3.8) is 0 Å². The highest BCUT2D eigenvalue weighted by atomic mass is 16.3. The average Bonchev–Trinajstić information content (AvgIpc) is 2.29. The zero-order valence-corrected chi connectivity index (χ0v) is 10.3.